The fourth-order valence-electron chi connectivity index (χ4n) is 15.2. The van der Waals surface area contributed by atoms with E-state index in [2.05, 4.69) is 228 Å². The lowest BCUT2D eigenvalue weighted by molar-refractivity contribution is -0.0399. The number of rotatable bonds is 6. The molecule has 2 heteroatoms. The Hall–Kier alpha value is -6.90. The minimum absolute atomic E-state index is 0.00294. The highest BCUT2D eigenvalue weighted by Crippen LogP contribution is 2.69. The average Bonchev–Trinajstić information content (AvgIpc) is 3.91. The molecule has 1 atom stereocenters. The molecule has 4 fully saturated rings. The van der Waals surface area contributed by atoms with E-state index in [1.165, 1.54) is 115 Å². The van der Waals surface area contributed by atoms with Gasteiger partial charge in [-0.15, -0.1) is 0 Å². The summed E-state index contributed by atoms with van der Waals surface area (Å²) in [5.41, 5.74) is 20.9. The van der Waals surface area contributed by atoms with Crippen molar-refractivity contribution in [3.8, 4) is 33.4 Å². The van der Waals surface area contributed by atoms with E-state index in [4.69, 9.17) is 4.42 Å². The Labute approximate surface area is 426 Å². The predicted octanol–water partition coefficient (Wildman–Crippen LogP) is 18.9. The normalized spacial score (nSPS) is 23.0. The third-order valence-corrected chi connectivity index (χ3v) is 18.3. The number of allylic oxidation sites excluding steroid dienone is 2. The number of furan rings is 1. The van der Waals surface area contributed by atoms with Crippen LogP contribution in [0.5, 0.6) is 0 Å². The summed E-state index contributed by atoms with van der Waals surface area (Å²) in [6.45, 7) is 14.1. The van der Waals surface area contributed by atoms with E-state index in [-0.39, 0.29) is 22.3 Å². The Kier molecular flexibility index (Phi) is 9.78. The smallest absolute Gasteiger partial charge is 0.136 e. The quantitative estimate of drug-likeness (QED) is 0.165. The van der Waals surface area contributed by atoms with E-state index in [9.17, 15) is 0 Å². The maximum atomic E-state index is 6.48. The van der Waals surface area contributed by atoms with Gasteiger partial charge in [0, 0.05) is 27.6 Å². The Morgan fingerprint density at radius 1 is 0.486 bits per heavy atom. The van der Waals surface area contributed by atoms with E-state index in [1.807, 2.05) is 0 Å². The number of fused-ring (bicyclic) bond motifs is 7. The van der Waals surface area contributed by atoms with E-state index < -0.39 is 0 Å². The van der Waals surface area contributed by atoms with Crippen LogP contribution in [-0.4, -0.2) is 6.04 Å². The molecular weight excluding hydrogens is 871 g/mol. The van der Waals surface area contributed by atoms with Crippen LogP contribution >= 0.6 is 0 Å². The molecule has 1 spiro atoms. The first-order chi connectivity index (χ1) is 34.9. The number of hydrogen-bond donors (Lipinski definition) is 0. The number of hydrogen-bond acceptors (Lipinski definition) is 2. The molecule has 2 nitrogen and oxygen atoms in total. The lowest BCUT2D eigenvalue weighted by Gasteiger charge is -2.61. The zero-order valence-electron chi connectivity index (χ0n) is 42.8. The SMILES string of the molecule is CC(C)(C)c1cc(-c2cccc3cccc(C4=CC=CCC4N(c4cccc(-c5cccc6oc7ccccc7c56)c4)c4ccc5c(c4)C4(c6ccccc6-5)C5CC6CC(C5)CC4C6)c23)cc(C(C)(C)C)c1. The van der Waals surface area contributed by atoms with Crippen LogP contribution in [0.1, 0.15) is 108 Å². The summed E-state index contributed by atoms with van der Waals surface area (Å²) < 4.78 is 6.48. The van der Waals surface area contributed by atoms with Gasteiger partial charge >= 0.3 is 0 Å². The number of anilines is 2. The second kappa shape index (κ2) is 16.1. The van der Waals surface area contributed by atoms with Crippen LogP contribution < -0.4 is 4.90 Å². The van der Waals surface area contributed by atoms with Gasteiger partial charge in [-0.25, -0.2) is 0 Å². The van der Waals surface area contributed by atoms with Gasteiger partial charge in [0.15, 0.2) is 0 Å². The molecule has 9 aromatic rings. The first kappa shape index (κ1) is 43.9. The monoisotopic (exact) mass is 936 g/mol. The van der Waals surface area contributed by atoms with Crippen LogP contribution in [0.3, 0.4) is 0 Å². The topological polar surface area (TPSA) is 16.4 Å². The van der Waals surface area contributed by atoms with Gasteiger partial charge in [0.1, 0.15) is 11.2 Å². The fraction of sp³-hybridized carbons (Fsp3) is 0.286. The number of nitrogens with zero attached hydrogens (tertiary/aromatic N) is 1. The van der Waals surface area contributed by atoms with E-state index in [1.54, 1.807) is 11.1 Å². The molecule has 0 saturated heterocycles. The van der Waals surface area contributed by atoms with Gasteiger partial charge in [0.2, 0.25) is 0 Å². The van der Waals surface area contributed by atoms with Crippen LogP contribution in [0.15, 0.2) is 186 Å². The predicted molar refractivity (Wildman–Crippen MR) is 303 cm³/mol. The lowest BCUT2D eigenvalue weighted by Crippen LogP contribution is -2.55. The Bertz CT molecular complexity index is 3660. The van der Waals surface area contributed by atoms with Crippen molar-refractivity contribution in [2.24, 2.45) is 23.7 Å². The molecule has 4 bridgehead atoms. The maximum absolute atomic E-state index is 6.48. The average molecular weight is 936 g/mol. The molecule has 0 amide bonds. The summed E-state index contributed by atoms with van der Waals surface area (Å²) in [5.74, 6) is 3.14. The molecule has 6 aliphatic carbocycles. The Morgan fingerprint density at radius 3 is 1.85 bits per heavy atom. The summed E-state index contributed by atoms with van der Waals surface area (Å²) in [6.07, 6.45) is 14.9. The second-order valence-corrected chi connectivity index (χ2v) is 24.5. The first-order valence-electron chi connectivity index (χ1n) is 27.0. The molecule has 1 heterocycles. The van der Waals surface area contributed by atoms with Gasteiger partial charge in [-0.3, -0.25) is 0 Å². The lowest BCUT2D eigenvalue weighted by atomic mass is 9.43. The molecule has 0 aliphatic heterocycles. The molecule has 1 aromatic heterocycles. The molecule has 15 rings (SSSR count). The van der Waals surface area contributed by atoms with E-state index >= 15 is 0 Å². The van der Waals surface area contributed by atoms with E-state index in [0.717, 1.165) is 34.8 Å². The molecule has 356 valence electrons. The Morgan fingerprint density at radius 2 is 1.10 bits per heavy atom. The van der Waals surface area contributed by atoms with Crippen molar-refractivity contribution in [2.75, 3.05) is 4.90 Å². The van der Waals surface area contributed by atoms with Crippen molar-refractivity contribution in [1.29, 1.82) is 0 Å². The fourth-order valence-corrected chi connectivity index (χ4v) is 15.2. The summed E-state index contributed by atoms with van der Waals surface area (Å²) in [6, 6.07) is 63.1. The highest BCUT2D eigenvalue weighted by molar-refractivity contribution is 6.12. The van der Waals surface area contributed by atoms with Gasteiger partial charge in [-0.1, -0.05) is 187 Å². The summed E-state index contributed by atoms with van der Waals surface area (Å²) in [5, 5.41) is 4.92. The minimum Gasteiger partial charge on any atom is -0.456 e. The standard InChI is InChI=1S/C70H65NO/c1-68(2,3)48-38-47(39-49(41-48)69(4,5)6)55-24-14-17-45-18-15-26-59(66(45)55)58-22-8-11-28-63(58)71(52-20-13-19-46(40-52)54-25-16-30-65-67(54)60-23-9-12-29-64(60)72-65)53-31-32-57-56-21-7-10-27-61(56)70(62(57)42-53)50-34-43-33-44(36-50)37-51(70)35-43/h7-27,29-32,38-44,50-51,63H,28,33-37H2,1-6H3. The Balaban J connectivity index is 0.985. The molecule has 0 radical (unpaired) electrons. The third-order valence-electron chi connectivity index (χ3n) is 18.3. The van der Waals surface area contributed by atoms with Crippen LogP contribution in [0.2, 0.25) is 0 Å². The van der Waals surface area contributed by atoms with Crippen molar-refractivity contribution < 1.29 is 4.42 Å². The largest absolute Gasteiger partial charge is 0.456 e. The van der Waals surface area contributed by atoms with Crippen molar-refractivity contribution in [2.45, 2.75) is 102 Å². The van der Waals surface area contributed by atoms with Crippen LogP contribution in [0.4, 0.5) is 11.4 Å². The molecule has 6 aliphatic rings. The van der Waals surface area contributed by atoms with Crippen LogP contribution in [0, 0.1) is 23.7 Å². The van der Waals surface area contributed by atoms with Crippen molar-refractivity contribution >= 4 is 49.7 Å². The molecule has 72 heavy (non-hydrogen) atoms. The maximum Gasteiger partial charge on any atom is 0.136 e. The molecule has 4 saturated carbocycles. The molecule has 1 unspecified atom stereocenters. The van der Waals surface area contributed by atoms with Crippen LogP contribution in [0.25, 0.3) is 71.7 Å². The van der Waals surface area contributed by atoms with Gasteiger partial charge in [-0.2, -0.15) is 0 Å². The van der Waals surface area contributed by atoms with Crippen molar-refractivity contribution in [3.63, 3.8) is 0 Å². The van der Waals surface area contributed by atoms with Crippen molar-refractivity contribution in [3.05, 3.63) is 210 Å². The molecule has 0 N–H and O–H groups in total. The van der Waals surface area contributed by atoms with Gasteiger partial charge < -0.3 is 9.32 Å². The minimum atomic E-state index is 0.00294. The summed E-state index contributed by atoms with van der Waals surface area (Å²) >= 11 is 0. The first-order valence-corrected chi connectivity index (χ1v) is 27.0. The van der Waals surface area contributed by atoms with Crippen molar-refractivity contribution in [1.82, 2.24) is 0 Å². The molecular formula is C70H65NO. The summed E-state index contributed by atoms with van der Waals surface area (Å²) in [7, 11) is 0. The summed E-state index contributed by atoms with van der Waals surface area (Å²) in [4.78, 5) is 2.73. The van der Waals surface area contributed by atoms with E-state index in [0.29, 0.717) is 11.8 Å². The van der Waals surface area contributed by atoms with Gasteiger partial charge in [0.05, 0.1) is 6.04 Å². The van der Waals surface area contributed by atoms with Crippen LogP contribution in [-0.2, 0) is 16.2 Å². The zero-order valence-corrected chi connectivity index (χ0v) is 42.8. The zero-order chi connectivity index (χ0) is 48.7. The highest BCUT2D eigenvalue weighted by Gasteiger charge is 2.61. The molecule has 8 aromatic carbocycles. The van der Waals surface area contributed by atoms with Gasteiger partial charge in [-0.05, 0) is 187 Å². The third kappa shape index (κ3) is 6.66. The number of benzene rings is 8. The second-order valence-electron chi connectivity index (χ2n) is 24.5. The number of para-hydroxylation sites is 1. The highest BCUT2D eigenvalue weighted by atomic mass is 16.3. The van der Waals surface area contributed by atoms with Gasteiger partial charge in [0.25, 0.3) is 0 Å².